The number of rotatable bonds is 14. The molecule has 0 amide bonds. The molecule has 2 aromatic heterocycles. The molecule has 0 unspecified atom stereocenters. The Morgan fingerprint density at radius 3 is 0.800 bits per heavy atom. The molecule has 0 atom stereocenters. The van der Waals surface area contributed by atoms with Gasteiger partial charge in [0, 0.05) is 78.3 Å². The van der Waals surface area contributed by atoms with E-state index in [9.17, 15) is 0 Å². The Balaban J connectivity index is 0.920. The summed E-state index contributed by atoms with van der Waals surface area (Å²) in [6.45, 7) is 6.89. The van der Waals surface area contributed by atoms with E-state index in [4.69, 9.17) is 0 Å². The Hall–Kier alpha value is -14.5. The van der Waals surface area contributed by atoms with Gasteiger partial charge >= 0.3 is 0 Å². The zero-order valence-corrected chi connectivity index (χ0v) is 64.3. The average molecular weight is 1470 g/mol. The third-order valence-corrected chi connectivity index (χ3v) is 23.6. The van der Waals surface area contributed by atoms with Crippen LogP contribution in [0.5, 0.6) is 0 Å². The van der Waals surface area contributed by atoms with E-state index in [1.54, 1.807) is 0 Å². The third-order valence-electron chi connectivity index (χ3n) is 23.6. The monoisotopic (exact) mass is 1470 g/mol. The summed E-state index contributed by atoms with van der Waals surface area (Å²) in [5.41, 5.74) is 38.1. The molecule has 4 nitrogen and oxygen atoms in total. The van der Waals surface area contributed by atoms with Gasteiger partial charge in [0.05, 0.1) is 33.8 Å². The molecule has 0 saturated heterocycles. The van der Waals surface area contributed by atoms with Crippen LogP contribution in [0, 0.1) is 0 Å². The van der Waals surface area contributed by atoms with Gasteiger partial charge < -0.3 is 18.9 Å². The van der Waals surface area contributed by atoms with Gasteiger partial charge in [0.2, 0.25) is 0 Å². The van der Waals surface area contributed by atoms with E-state index in [0.29, 0.717) is 0 Å². The Kier molecular flexibility index (Phi) is 16.9. The van der Waals surface area contributed by atoms with Gasteiger partial charge in [-0.05, 0) is 155 Å². The van der Waals surface area contributed by atoms with Crippen LogP contribution < -0.4 is 26.2 Å². The molecule has 0 bridgehead atoms. The van der Waals surface area contributed by atoms with Crippen LogP contribution in [-0.2, 0) is 5.41 Å². The van der Waals surface area contributed by atoms with Gasteiger partial charge in [-0.3, -0.25) is 0 Å². The van der Waals surface area contributed by atoms with Gasteiger partial charge in [-0.2, -0.15) is 0 Å². The van der Waals surface area contributed by atoms with Crippen molar-refractivity contribution < 1.29 is 0 Å². The van der Waals surface area contributed by atoms with Gasteiger partial charge in [0.1, 0.15) is 0 Å². The first kappa shape index (κ1) is 68.5. The predicted octanol–water partition coefficient (Wildman–Crippen LogP) is 27.6. The van der Waals surface area contributed by atoms with Gasteiger partial charge in [0.25, 0.3) is 6.71 Å². The normalized spacial score (nSPS) is 12.3. The summed E-state index contributed by atoms with van der Waals surface area (Å²) in [5.74, 6) is 0. The van der Waals surface area contributed by atoms with Gasteiger partial charge in [0.15, 0.2) is 0 Å². The van der Waals surface area contributed by atoms with Crippen molar-refractivity contribution in [1.82, 2.24) is 9.13 Å². The molecule has 0 radical (unpaired) electrons. The highest BCUT2D eigenvalue weighted by Crippen LogP contribution is 2.57. The molecule has 0 spiro atoms. The lowest BCUT2D eigenvalue weighted by atomic mass is 9.33. The first-order valence-electron chi connectivity index (χ1n) is 40.0. The highest BCUT2D eigenvalue weighted by atomic mass is 15.2. The fourth-order valence-corrected chi connectivity index (χ4v) is 18.4. The second-order valence-electron chi connectivity index (χ2n) is 31.4. The second kappa shape index (κ2) is 28.4. The summed E-state index contributed by atoms with van der Waals surface area (Å²) in [6.07, 6.45) is 0. The van der Waals surface area contributed by atoms with E-state index in [2.05, 4.69) is 464 Å². The quantitative estimate of drug-likeness (QED) is 0.101. The fraction of sp³-hybridized carbons (Fsp3) is 0.0364. The molecule has 2 aliphatic rings. The lowest BCUT2D eigenvalue weighted by molar-refractivity contribution is 0.590. The molecule has 0 saturated carbocycles. The summed E-state index contributed by atoms with van der Waals surface area (Å²) in [6, 6.07) is 159. The van der Waals surface area contributed by atoms with Crippen molar-refractivity contribution in [2.75, 3.05) is 9.80 Å². The number of para-hydroxylation sites is 2. The molecule has 0 fully saturated rings. The minimum Gasteiger partial charge on any atom is -0.310 e. The second-order valence-corrected chi connectivity index (χ2v) is 31.4. The minimum absolute atomic E-state index is 0.282. The number of benzene rings is 17. The number of nitrogens with zero attached hydrogens (tertiary/aromatic N) is 4. The van der Waals surface area contributed by atoms with E-state index in [0.717, 1.165) is 157 Å². The van der Waals surface area contributed by atoms with Crippen LogP contribution in [0.1, 0.15) is 26.3 Å². The largest absolute Gasteiger partial charge is 0.310 e. The van der Waals surface area contributed by atoms with Crippen molar-refractivity contribution >= 4 is 79.0 Å². The summed E-state index contributed by atoms with van der Waals surface area (Å²) in [4.78, 5) is 5.42. The SMILES string of the molecule is CC(C)(C)c1cc2c3c(c1)N(c1c(-c4ccccc4)cc(-n4c(-c5ccccc5)c(-c5ccccc5)c5ccccc54)cc1-c1ccccc1)c1ccc(-c4ccccc4)cc1B3c1cc(-c3ccccc3)ccc1N2c1c(-c2ccccc2)cc(-n2c(-c3ccccc3)c(-c3ccccc3)c3ccccc32)cc1-c1ccccc1. The molecule has 21 rings (SSSR count). The molecule has 0 aliphatic carbocycles. The number of hydrogen-bond donors (Lipinski definition) is 0. The summed E-state index contributed by atoms with van der Waals surface area (Å²) >= 11 is 0. The van der Waals surface area contributed by atoms with Crippen LogP contribution in [0.25, 0.3) is 145 Å². The maximum absolute atomic E-state index is 2.71. The molecule has 4 heterocycles. The zero-order valence-electron chi connectivity index (χ0n) is 64.3. The van der Waals surface area contributed by atoms with Crippen LogP contribution in [0.15, 0.2) is 425 Å². The van der Waals surface area contributed by atoms with E-state index in [-0.39, 0.29) is 12.1 Å². The average Bonchev–Trinajstić information content (AvgIpc) is 1.32. The van der Waals surface area contributed by atoms with Crippen molar-refractivity contribution in [3.63, 3.8) is 0 Å². The third kappa shape index (κ3) is 11.8. The number of hydrogen-bond acceptors (Lipinski definition) is 2. The Morgan fingerprint density at radius 2 is 0.496 bits per heavy atom. The van der Waals surface area contributed by atoms with E-state index >= 15 is 0 Å². The van der Waals surface area contributed by atoms with Crippen molar-refractivity contribution in [1.29, 1.82) is 0 Å². The highest BCUT2D eigenvalue weighted by Gasteiger charge is 2.47. The number of aromatic nitrogens is 2. The zero-order chi connectivity index (χ0) is 76.7. The maximum atomic E-state index is 2.71. The topological polar surface area (TPSA) is 16.3 Å². The van der Waals surface area contributed by atoms with Crippen LogP contribution >= 0.6 is 0 Å². The molecule has 542 valence electrons. The van der Waals surface area contributed by atoms with Gasteiger partial charge in [-0.15, -0.1) is 0 Å². The molecule has 115 heavy (non-hydrogen) atoms. The Bertz CT molecular complexity index is 6350. The molecule has 5 heteroatoms. The van der Waals surface area contributed by atoms with Gasteiger partial charge in [-0.25, -0.2) is 0 Å². The molecule has 17 aromatic carbocycles. The number of fused-ring (bicyclic) bond motifs is 6. The first-order chi connectivity index (χ1) is 56.8. The predicted molar refractivity (Wildman–Crippen MR) is 487 cm³/mol. The fourth-order valence-electron chi connectivity index (χ4n) is 18.4. The summed E-state index contributed by atoms with van der Waals surface area (Å²) in [5, 5.41) is 2.37. The lowest BCUT2D eigenvalue weighted by Gasteiger charge is -2.46. The number of anilines is 6. The minimum atomic E-state index is -0.366. The smallest absolute Gasteiger partial charge is 0.252 e. The molecule has 2 aliphatic heterocycles. The summed E-state index contributed by atoms with van der Waals surface area (Å²) in [7, 11) is 0. The molecular formula is C110H79BN4. The van der Waals surface area contributed by atoms with E-state index < -0.39 is 0 Å². The van der Waals surface area contributed by atoms with Crippen molar-refractivity contribution in [3.8, 4) is 123 Å². The Morgan fingerprint density at radius 1 is 0.226 bits per heavy atom. The lowest BCUT2D eigenvalue weighted by Crippen LogP contribution is -2.61. The standard InChI is InChI=1S/C110H79BN4/c1-110(2,3)86-68-101-105-102(69-86)115(109-93(78-46-22-8-23-47-78)72-88(73-94(109)79-48-24-9-25-49-79)113-98-61-37-35-59-90(98)104(81-52-28-11-29-53-81)107(113)83-56-32-13-33-57-83)100-65-63-85(75-40-16-5-17-41-75)67-96(100)111(105)95-66-84(74-38-14-4-15-39-74)62-64-99(95)114(101)108-91(76-42-18-6-19-43-76)70-87(71-92(108)77-44-20-7-21-45-77)112-97-60-36-34-58-89(97)103(80-50-26-10-27-51-80)106(112)82-54-30-12-31-55-82/h4-73H,1-3H3. The van der Waals surface area contributed by atoms with Gasteiger partial charge in [-0.1, -0.05) is 385 Å². The van der Waals surface area contributed by atoms with E-state index in [1.165, 1.54) is 43.9 Å². The maximum Gasteiger partial charge on any atom is 0.252 e. The molecule has 19 aromatic rings. The Labute approximate surface area is 672 Å². The van der Waals surface area contributed by atoms with Crippen LogP contribution in [0.3, 0.4) is 0 Å². The highest BCUT2D eigenvalue weighted by molar-refractivity contribution is 7.00. The van der Waals surface area contributed by atoms with E-state index in [1.807, 2.05) is 0 Å². The van der Waals surface area contributed by atoms with Crippen LogP contribution in [0.4, 0.5) is 34.1 Å². The van der Waals surface area contributed by atoms with Crippen LogP contribution in [0.2, 0.25) is 0 Å². The molecule has 0 N–H and O–H groups in total. The van der Waals surface area contributed by atoms with Crippen LogP contribution in [-0.4, -0.2) is 15.8 Å². The summed E-state index contributed by atoms with van der Waals surface area (Å²) < 4.78 is 5.10. The molecular weight excluding hydrogens is 1390 g/mol. The van der Waals surface area contributed by atoms with Crippen molar-refractivity contribution in [2.45, 2.75) is 26.2 Å². The van der Waals surface area contributed by atoms with Crippen molar-refractivity contribution in [2.24, 2.45) is 0 Å². The first-order valence-corrected chi connectivity index (χ1v) is 40.0. The van der Waals surface area contributed by atoms with Crippen molar-refractivity contribution in [3.05, 3.63) is 430 Å².